The van der Waals surface area contributed by atoms with Crippen LogP contribution < -0.4 is 9.88 Å². The molecule has 6 nitrogen and oxygen atoms in total. The number of primary sulfonamides is 1. The predicted octanol–water partition coefficient (Wildman–Crippen LogP) is 2.74. The molecule has 1 unspecified atom stereocenters. The summed E-state index contributed by atoms with van der Waals surface area (Å²) in [5, 5.41) is 14.3. The number of pyridine rings is 1. The second-order valence-electron chi connectivity index (χ2n) is 5.89. The van der Waals surface area contributed by atoms with Gasteiger partial charge in [-0.3, -0.25) is 4.98 Å². The van der Waals surface area contributed by atoms with Gasteiger partial charge in [-0.15, -0.1) is 0 Å². The second-order valence-corrected chi connectivity index (χ2v) is 7.42. The van der Waals surface area contributed by atoms with E-state index < -0.39 is 10.0 Å². The molecule has 1 heterocycles. The van der Waals surface area contributed by atoms with E-state index in [1.807, 2.05) is 6.92 Å². The fourth-order valence-corrected chi connectivity index (χ4v) is 3.47. The van der Waals surface area contributed by atoms with E-state index in [9.17, 15) is 8.42 Å². The number of hydrogen-bond acceptors (Lipinski definition) is 5. The molecule has 1 atom stereocenters. The Morgan fingerprint density at radius 2 is 2.08 bits per heavy atom. The summed E-state index contributed by atoms with van der Waals surface area (Å²) in [5.74, 6) is 0.760. The van der Waals surface area contributed by atoms with Gasteiger partial charge in [-0.05, 0) is 61.1 Å². The fraction of sp³-hybridized carbons (Fsp3) is 0.333. The lowest BCUT2D eigenvalue weighted by atomic mass is 9.97. The number of aryl methyl sites for hydroxylation is 1. The van der Waals surface area contributed by atoms with E-state index in [0.29, 0.717) is 23.3 Å². The number of rotatable bonds is 7. The fourth-order valence-electron chi connectivity index (χ4n) is 2.69. The van der Waals surface area contributed by atoms with Gasteiger partial charge < -0.3 is 4.74 Å². The average molecular weight is 359 g/mol. The van der Waals surface area contributed by atoms with Crippen molar-refractivity contribution >= 4 is 10.0 Å². The van der Waals surface area contributed by atoms with Gasteiger partial charge >= 0.3 is 0 Å². The third-order valence-corrected chi connectivity index (χ3v) is 5.08. The summed E-state index contributed by atoms with van der Waals surface area (Å²) in [6, 6.07) is 10.3. The highest BCUT2D eigenvalue weighted by Crippen LogP contribution is 2.25. The molecule has 2 aromatic rings. The van der Waals surface area contributed by atoms with Crippen molar-refractivity contribution in [2.75, 3.05) is 7.11 Å². The molecule has 25 heavy (non-hydrogen) atoms. The van der Waals surface area contributed by atoms with Crippen molar-refractivity contribution in [3.8, 4) is 11.8 Å². The van der Waals surface area contributed by atoms with E-state index in [2.05, 4.69) is 11.1 Å². The molecule has 2 rings (SSSR count). The van der Waals surface area contributed by atoms with Crippen LogP contribution in [0.4, 0.5) is 0 Å². The molecule has 1 aromatic carbocycles. The maximum atomic E-state index is 11.7. The molecule has 1 aromatic heterocycles. The molecule has 7 heteroatoms. The Hall–Kier alpha value is -2.43. The summed E-state index contributed by atoms with van der Waals surface area (Å²) in [4.78, 5) is 4.44. The lowest BCUT2D eigenvalue weighted by molar-refractivity contribution is 0.413. The lowest BCUT2D eigenvalue weighted by Crippen LogP contribution is -2.14. The van der Waals surface area contributed by atoms with Gasteiger partial charge in [-0.2, -0.15) is 5.26 Å². The molecule has 132 valence electrons. The maximum Gasteiger partial charge on any atom is 0.238 e. The van der Waals surface area contributed by atoms with Gasteiger partial charge in [0.15, 0.2) is 0 Å². The Labute approximate surface area is 148 Å². The minimum atomic E-state index is -3.77. The Morgan fingerprint density at radius 3 is 2.72 bits per heavy atom. The average Bonchev–Trinajstić information content (AvgIpc) is 2.60. The topological polar surface area (TPSA) is 106 Å². The van der Waals surface area contributed by atoms with E-state index in [1.165, 1.54) is 13.2 Å². The number of aromatic nitrogens is 1. The quantitative estimate of drug-likeness (QED) is 0.818. The van der Waals surface area contributed by atoms with Gasteiger partial charge in [0.2, 0.25) is 10.0 Å². The van der Waals surface area contributed by atoms with Gasteiger partial charge in [0.1, 0.15) is 5.75 Å². The van der Waals surface area contributed by atoms with Crippen LogP contribution in [0.5, 0.6) is 5.75 Å². The molecule has 0 aliphatic carbocycles. The van der Waals surface area contributed by atoms with E-state index >= 15 is 0 Å². The van der Waals surface area contributed by atoms with Crippen LogP contribution in [-0.4, -0.2) is 20.5 Å². The number of nitrogens with zero attached hydrogens (tertiary/aromatic N) is 2. The van der Waals surface area contributed by atoms with Crippen molar-refractivity contribution in [2.45, 2.75) is 37.0 Å². The molecule has 0 saturated heterocycles. The molecule has 0 bridgehead atoms. The summed E-state index contributed by atoms with van der Waals surface area (Å²) in [6.07, 6.45) is 3.76. The number of nitrogens with two attached hydrogens (primary N) is 1. The maximum absolute atomic E-state index is 11.7. The molecule has 0 fully saturated rings. The zero-order valence-electron chi connectivity index (χ0n) is 14.3. The Kier molecular flexibility index (Phi) is 6.12. The zero-order valence-corrected chi connectivity index (χ0v) is 15.1. The molecule has 0 aliphatic heterocycles. The predicted molar refractivity (Wildman–Crippen MR) is 94.7 cm³/mol. The monoisotopic (exact) mass is 359 g/mol. The normalized spacial score (nSPS) is 12.4. The Morgan fingerprint density at radius 1 is 1.32 bits per heavy atom. The van der Waals surface area contributed by atoms with Crippen molar-refractivity contribution < 1.29 is 13.2 Å². The highest BCUT2D eigenvalue weighted by atomic mass is 32.2. The van der Waals surface area contributed by atoms with Crippen LogP contribution in [0.2, 0.25) is 0 Å². The first-order chi connectivity index (χ1) is 11.8. The Balaban J connectivity index is 2.09. The molecule has 2 N–H and O–H groups in total. The number of sulfonamides is 1. The van der Waals surface area contributed by atoms with Gasteiger partial charge in [-0.25, -0.2) is 13.6 Å². The minimum Gasteiger partial charge on any atom is -0.497 e. The highest BCUT2D eigenvalue weighted by Gasteiger charge is 2.15. The molecule has 0 radical (unpaired) electrons. The molecular weight excluding hydrogens is 338 g/mol. The van der Waals surface area contributed by atoms with Gasteiger partial charge in [0, 0.05) is 11.9 Å². The van der Waals surface area contributed by atoms with Gasteiger partial charge in [0.05, 0.1) is 23.6 Å². The zero-order chi connectivity index (χ0) is 18.4. The smallest absolute Gasteiger partial charge is 0.238 e. The number of nitriles is 1. The SMILES string of the molecule is COc1ccc(S(N)(=O)=O)c(CCCC(C)c2cc(C#N)ccn2)c1. The molecule has 0 amide bonds. The highest BCUT2D eigenvalue weighted by molar-refractivity contribution is 7.89. The Bertz CT molecular complexity index is 889. The van der Waals surface area contributed by atoms with Crippen LogP contribution >= 0.6 is 0 Å². The van der Waals surface area contributed by atoms with Crippen LogP contribution in [0.1, 0.15) is 42.5 Å². The summed E-state index contributed by atoms with van der Waals surface area (Å²) in [6.45, 7) is 2.04. The van der Waals surface area contributed by atoms with Crippen molar-refractivity contribution in [3.05, 3.63) is 53.3 Å². The molecule has 0 aliphatic rings. The largest absolute Gasteiger partial charge is 0.497 e. The lowest BCUT2D eigenvalue weighted by Gasteiger charge is -2.13. The van der Waals surface area contributed by atoms with Crippen molar-refractivity contribution in [1.29, 1.82) is 5.26 Å². The standard InChI is InChI=1S/C18H21N3O3S/c1-13(17-10-14(12-19)8-9-21-17)4-3-5-15-11-16(24-2)6-7-18(15)25(20,22)23/h6-11,13H,3-5H2,1-2H3,(H2,20,22,23). The van der Waals surface area contributed by atoms with Gasteiger partial charge in [-0.1, -0.05) is 6.92 Å². The summed E-state index contributed by atoms with van der Waals surface area (Å²) < 4.78 is 28.6. The van der Waals surface area contributed by atoms with E-state index in [4.69, 9.17) is 15.1 Å². The van der Waals surface area contributed by atoms with Crippen LogP contribution in [0.3, 0.4) is 0 Å². The number of methoxy groups -OCH3 is 1. The van der Waals surface area contributed by atoms with Crippen LogP contribution in [0.15, 0.2) is 41.4 Å². The van der Waals surface area contributed by atoms with Crippen molar-refractivity contribution in [2.24, 2.45) is 5.14 Å². The third-order valence-electron chi connectivity index (χ3n) is 4.07. The first-order valence-corrected chi connectivity index (χ1v) is 9.45. The van der Waals surface area contributed by atoms with E-state index in [0.717, 1.165) is 18.5 Å². The van der Waals surface area contributed by atoms with Crippen LogP contribution in [0, 0.1) is 11.3 Å². The van der Waals surface area contributed by atoms with Crippen molar-refractivity contribution in [3.63, 3.8) is 0 Å². The van der Waals surface area contributed by atoms with E-state index in [1.54, 1.807) is 30.5 Å². The molecule has 0 saturated carbocycles. The summed E-state index contributed by atoms with van der Waals surface area (Å²) >= 11 is 0. The number of hydrogen-bond donors (Lipinski definition) is 1. The molecule has 0 spiro atoms. The summed E-state index contributed by atoms with van der Waals surface area (Å²) in [7, 11) is -2.24. The van der Waals surface area contributed by atoms with Gasteiger partial charge in [0.25, 0.3) is 0 Å². The van der Waals surface area contributed by atoms with E-state index in [-0.39, 0.29) is 10.8 Å². The second kappa shape index (κ2) is 8.10. The van der Waals surface area contributed by atoms with Crippen LogP contribution in [-0.2, 0) is 16.4 Å². The number of benzene rings is 1. The first-order valence-electron chi connectivity index (χ1n) is 7.91. The summed E-state index contributed by atoms with van der Waals surface area (Å²) in [5.41, 5.74) is 2.09. The first kappa shape index (κ1) is 18.9. The number of ether oxygens (including phenoxy) is 1. The minimum absolute atomic E-state index is 0.130. The molecular formula is C18H21N3O3S. The van der Waals surface area contributed by atoms with Crippen molar-refractivity contribution in [1.82, 2.24) is 4.98 Å². The third kappa shape index (κ3) is 5.02. The van der Waals surface area contributed by atoms with Crippen LogP contribution in [0.25, 0.3) is 0 Å².